The van der Waals surface area contributed by atoms with Crippen molar-refractivity contribution < 1.29 is 19.1 Å². The van der Waals surface area contributed by atoms with Gasteiger partial charge in [-0.3, -0.25) is 9.59 Å². The van der Waals surface area contributed by atoms with Crippen LogP contribution in [0.15, 0.2) is 18.2 Å². The maximum Gasteiger partial charge on any atom is 0.225 e. The lowest BCUT2D eigenvalue weighted by Crippen LogP contribution is -2.36. The Labute approximate surface area is 174 Å². The van der Waals surface area contributed by atoms with Gasteiger partial charge in [-0.05, 0) is 24.3 Å². The molecule has 2 amide bonds. The fraction of sp³-hybridized carbons (Fsp3) is 0.652. The first-order valence-electron chi connectivity index (χ1n) is 10.5. The molecule has 1 heterocycles. The third-order valence-corrected chi connectivity index (χ3v) is 5.45. The van der Waals surface area contributed by atoms with E-state index in [-0.39, 0.29) is 29.6 Å². The van der Waals surface area contributed by atoms with Gasteiger partial charge in [-0.15, -0.1) is 0 Å². The van der Waals surface area contributed by atoms with Gasteiger partial charge in [0.2, 0.25) is 11.8 Å². The zero-order chi connectivity index (χ0) is 21.6. The molecule has 0 spiro atoms. The molecule has 0 aliphatic carbocycles. The topological polar surface area (TPSA) is 67.9 Å². The van der Waals surface area contributed by atoms with Crippen LogP contribution in [-0.4, -0.2) is 50.6 Å². The molecule has 1 aliphatic heterocycles. The molecule has 6 heteroatoms. The average molecular weight is 405 g/mol. The van der Waals surface area contributed by atoms with Gasteiger partial charge in [0.1, 0.15) is 11.5 Å². The van der Waals surface area contributed by atoms with E-state index >= 15 is 0 Å². The monoisotopic (exact) mass is 404 g/mol. The minimum atomic E-state index is -0.291. The maximum absolute atomic E-state index is 13.0. The SMILES string of the molecule is COc1ccc([C@H]2CN(C(=O)CC(C)C)C[C@@H]2C(=O)NCCC(C)C)c(OC)c1. The Morgan fingerprint density at radius 2 is 1.83 bits per heavy atom. The Bertz CT molecular complexity index is 702. The second kappa shape index (κ2) is 10.5. The first kappa shape index (κ1) is 23.0. The second-order valence-corrected chi connectivity index (χ2v) is 8.69. The number of likely N-dealkylation sites (tertiary alicyclic amines) is 1. The number of nitrogens with zero attached hydrogens (tertiary/aromatic N) is 1. The first-order chi connectivity index (χ1) is 13.8. The van der Waals surface area contributed by atoms with Crippen molar-refractivity contribution in [3.8, 4) is 11.5 Å². The standard InChI is InChI=1S/C23H36N2O4/c1-15(2)9-10-24-23(27)20-14-25(22(26)11-16(3)4)13-19(20)18-8-7-17(28-5)12-21(18)29-6/h7-8,12,15-16,19-20H,9-11,13-14H2,1-6H3,(H,24,27)/t19-,20+/m1/s1. The summed E-state index contributed by atoms with van der Waals surface area (Å²) in [6.45, 7) is 9.97. The Kier molecular flexibility index (Phi) is 8.35. The molecule has 1 saturated heterocycles. The molecule has 2 atom stereocenters. The van der Waals surface area contributed by atoms with Crippen LogP contribution in [0.3, 0.4) is 0 Å². The van der Waals surface area contributed by atoms with Crippen LogP contribution >= 0.6 is 0 Å². The lowest BCUT2D eigenvalue weighted by atomic mass is 9.87. The van der Waals surface area contributed by atoms with Gasteiger partial charge in [0.15, 0.2) is 0 Å². The maximum atomic E-state index is 13.0. The summed E-state index contributed by atoms with van der Waals surface area (Å²) in [4.78, 5) is 27.5. The van der Waals surface area contributed by atoms with Gasteiger partial charge in [0.05, 0.1) is 20.1 Å². The lowest BCUT2D eigenvalue weighted by molar-refractivity contribution is -0.131. The van der Waals surface area contributed by atoms with Crippen molar-refractivity contribution in [2.75, 3.05) is 33.9 Å². The van der Waals surface area contributed by atoms with Gasteiger partial charge in [0.25, 0.3) is 0 Å². The second-order valence-electron chi connectivity index (χ2n) is 8.69. The van der Waals surface area contributed by atoms with Crippen molar-refractivity contribution >= 4 is 11.8 Å². The third-order valence-electron chi connectivity index (χ3n) is 5.45. The summed E-state index contributed by atoms with van der Waals surface area (Å²) in [6.07, 6.45) is 1.43. The van der Waals surface area contributed by atoms with E-state index in [4.69, 9.17) is 9.47 Å². The zero-order valence-corrected chi connectivity index (χ0v) is 18.7. The molecule has 0 radical (unpaired) electrons. The molecular weight excluding hydrogens is 368 g/mol. The van der Waals surface area contributed by atoms with Crippen molar-refractivity contribution in [1.29, 1.82) is 0 Å². The average Bonchev–Trinajstić information content (AvgIpc) is 3.12. The van der Waals surface area contributed by atoms with Crippen molar-refractivity contribution in [1.82, 2.24) is 10.2 Å². The van der Waals surface area contributed by atoms with Gasteiger partial charge in [-0.25, -0.2) is 0 Å². The number of hydrogen-bond donors (Lipinski definition) is 1. The molecule has 0 bridgehead atoms. The molecule has 1 N–H and O–H groups in total. The fourth-order valence-electron chi connectivity index (χ4n) is 3.81. The van der Waals surface area contributed by atoms with Crippen LogP contribution in [-0.2, 0) is 9.59 Å². The minimum Gasteiger partial charge on any atom is -0.497 e. The first-order valence-corrected chi connectivity index (χ1v) is 10.5. The molecule has 1 aromatic rings. The van der Waals surface area contributed by atoms with E-state index in [9.17, 15) is 9.59 Å². The van der Waals surface area contributed by atoms with Crippen LogP contribution in [0.25, 0.3) is 0 Å². The summed E-state index contributed by atoms with van der Waals surface area (Å²) in [5.41, 5.74) is 0.942. The van der Waals surface area contributed by atoms with Gasteiger partial charge in [0, 0.05) is 43.6 Å². The molecule has 29 heavy (non-hydrogen) atoms. The Hall–Kier alpha value is -2.24. The molecule has 0 aromatic heterocycles. The zero-order valence-electron chi connectivity index (χ0n) is 18.7. The molecule has 1 fully saturated rings. The van der Waals surface area contributed by atoms with Crippen LogP contribution in [0, 0.1) is 17.8 Å². The molecular formula is C23H36N2O4. The van der Waals surface area contributed by atoms with Crippen LogP contribution in [0.4, 0.5) is 0 Å². The number of carbonyl (C=O) groups is 2. The fourth-order valence-corrected chi connectivity index (χ4v) is 3.81. The summed E-state index contributed by atoms with van der Waals surface area (Å²) in [7, 11) is 3.23. The van der Waals surface area contributed by atoms with E-state index in [1.807, 2.05) is 36.9 Å². The molecule has 0 unspecified atom stereocenters. The van der Waals surface area contributed by atoms with Gasteiger partial charge in [-0.1, -0.05) is 33.8 Å². The van der Waals surface area contributed by atoms with Gasteiger partial charge >= 0.3 is 0 Å². The molecule has 2 rings (SSSR count). The van der Waals surface area contributed by atoms with Crippen LogP contribution < -0.4 is 14.8 Å². The molecule has 0 saturated carbocycles. The van der Waals surface area contributed by atoms with Crippen LogP contribution in [0.2, 0.25) is 0 Å². The summed E-state index contributed by atoms with van der Waals surface area (Å²) in [6, 6.07) is 5.67. The highest BCUT2D eigenvalue weighted by atomic mass is 16.5. The van der Waals surface area contributed by atoms with Crippen molar-refractivity contribution in [3.63, 3.8) is 0 Å². The molecule has 1 aromatic carbocycles. The molecule has 6 nitrogen and oxygen atoms in total. The predicted octanol–water partition coefficient (Wildman–Crippen LogP) is 3.45. The molecule has 162 valence electrons. The number of benzene rings is 1. The van der Waals surface area contributed by atoms with Gasteiger partial charge < -0.3 is 19.7 Å². The van der Waals surface area contributed by atoms with Crippen molar-refractivity contribution in [3.05, 3.63) is 23.8 Å². The van der Waals surface area contributed by atoms with Crippen LogP contribution in [0.5, 0.6) is 11.5 Å². The number of hydrogen-bond acceptors (Lipinski definition) is 4. The Balaban J connectivity index is 2.27. The molecule has 1 aliphatic rings. The number of carbonyl (C=O) groups excluding carboxylic acids is 2. The summed E-state index contributed by atoms with van der Waals surface area (Å²) >= 11 is 0. The van der Waals surface area contributed by atoms with E-state index in [2.05, 4.69) is 19.2 Å². The van der Waals surface area contributed by atoms with Crippen LogP contribution in [0.1, 0.15) is 52.0 Å². The van der Waals surface area contributed by atoms with E-state index in [1.54, 1.807) is 14.2 Å². The Morgan fingerprint density at radius 3 is 2.41 bits per heavy atom. The summed E-state index contributed by atoms with van der Waals surface area (Å²) in [5, 5.41) is 3.07. The van der Waals surface area contributed by atoms with Gasteiger partial charge in [-0.2, -0.15) is 0 Å². The van der Waals surface area contributed by atoms with Crippen molar-refractivity contribution in [2.45, 2.75) is 46.5 Å². The number of amides is 2. The summed E-state index contributed by atoms with van der Waals surface area (Å²) < 4.78 is 10.9. The number of rotatable bonds is 9. The van der Waals surface area contributed by atoms with E-state index < -0.39 is 0 Å². The Morgan fingerprint density at radius 1 is 1.10 bits per heavy atom. The smallest absolute Gasteiger partial charge is 0.225 e. The highest BCUT2D eigenvalue weighted by molar-refractivity contribution is 5.83. The lowest BCUT2D eigenvalue weighted by Gasteiger charge is -2.21. The predicted molar refractivity (Wildman–Crippen MR) is 114 cm³/mol. The third kappa shape index (κ3) is 6.12. The summed E-state index contributed by atoms with van der Waals surface area (Å²) in [5.74, 6) is 1.92. The number of nitrogens with one attached hydrogen (secondary N) is 1. The minimum absolute atomic E-state index is 0.00775. The highest BCUT2D eigenvalue weighted by Gasteiger charge is 2.41. The van der Waals surface area contributed by atoms with E-state index in [1.165, 1.54) is 0 Å². The normalized spacial score (nSPS) is 19.0. The number of ether oxygens (including phenoxy) is 2. The highest BCUT2D eigenvalue weighted by Crippen LogP contribution is 2.39. The number of methoxy groups -OCH3 is 2. The largest absolute Gasteiger partial charge is 0.497 e. The van der Waals surface area contributed by atoms with E-state index in [0.29, 0.717) is 43.5 Å². The van der Waals surface area contributed by atoms with Crippen molar-refractivity contribution in [2.24, 2.45) is 17.8 Å². The quantitative estimate of drug-likeness (QED) is 0.684. The van der Waals surface area contributed by atoms with E-state index in [0.717, 1.165) is 12.0 Å².